The number of hydrogen-bond donors (Lipinski definition) is 0. The van der Waals surface area contributed by atoms with Gasteiger partial charge in [0.15, 0.2) is 0 Å². The van der Waals surface area contributed by atoms with E-state index in [-0.39, 0.29) is 25.5 Å². The molecule has 1 aromatic rings. The summed E-state index contributed by atoms with van der Waals surface area (Å²) < 4.78 is 51.9. The molecule has 1 saturated heterocycles. The van der Waals surface area contributed by atoms with Gasteiger partial charge in [0.2, 0.25) is 15.9 Å². The number of hydrogen-bond acceptors (Lipinski definition) is 4. The molecular formula is C16H21F2N3O3S. The zero-order chi connectivity index (χ0) is 18.2. The Morgan fingerprint density at radius 3 is 2.44 bits per heavy atom. The van der Waals surface area contributed by atoms with Crippen LogP contribution < -0.4 is 4.90 Å². The number of halogens is 2. The SMILES string of the molecule is CS(=O)(=O)N1CCN(C(=O)CN2CCCc3cc(F)cc(F)c32)CC1. The topological polar surface area (TPSA) is 60.9 Å². The smallest absolute Gasteiger partial charge is 0.242 e. The molecule has 0 bridgehead atoms. The molecule has 1 aromatic carbocycles. The van der Waals surface area contributed by atoms with Crippen LogP contribution in [0.3, 0.4) is 0 Å². The van der Waals surface area contributed by atoms with E-state index in [0.717, 1.165) is 18.7 Å². The predicted molar refractivity (Wildman–Crippen MR) is 89.9 cm³/mol. The van der Waals surface area contributed by atoms with E-state index < -0.39 is 21.7 Å². The van der Waals surface area contributed by atoms with E-state index in [1.54, 1.807) is 9.80 Å². The highest BCUT2D eigenvalue weighted by Gasteiger charge is 2.29. The number of aryl methyl sites for hydroxylation is 1. The van der Waals surface area contributed by atoms with Gasteiger partial charge in [-0.2, -0.15) is 4.31 Å². The molecule has 0 unspecified atom stereocenters. The van der Waals surface area contributed by atoms with Gasteiger partial charge in [0.05, 0.1) is 18.5 Å². The first-order valence-electron chi connectivity index (χ1n) is 8.21. The van der Waals surface area contributed by atoms with Crippen molar-refractivity contribution in [3.8, 4) is 0 Å². The van der Waals surface area contributed by atoms with Crippen LogP contribution in [0.1, 0.15) is 12.0 Å². The van der Waals surface area contributed by atoms with Crippen molar-refractivity contribution < 1.29 is 22.0 Å². The molecule has 2 aliphatic heterocycles. The van der Waals surface area contributed by atoms with Crippen molar-refractivity contribution in [1.82, 2.24) is 9.21 Å². The number of carbonyl (C=O) groups is 1. The number of anilines is 1. The molecule has 2 heterocycles. The van der Waals surface area contributed by atoms with Crippen LogP contribution in [0.25, 0.3) is 0 Å². The Kier molecular flexibility index (Phi) is 4.97. The average molecular weight is 373 g/mol. The molecule has 1 fully saturated rings. The molecule has 0 radical (unpaired) electrons. The van der Waals surface area contributed by atoms with Crippen molar-refractivity contribution in [2.75, 3.05) is 50.4 Å². The highest BCUT2D eigenvalue weighted by molar-refractivity contribution is 7.88. The van der Waals surface area contributed by atoms with Gasteiger partial charge in [0, 0.05) is 38.8 Å². The standard InChI is InChI=1S/C16H21F2N3O3S/c1-25(23,24)21-7-5-19(6-8-21)15(22)11-20-4-2-3-12-9-13(17)10-14(18)16(12)20/h9-10H,2-8,11H2,1H3. The number of sulfonamides is 1. The van der Waals surface area contributed by atoms with Crippen molar-refractivity contribution in [2.45, 2.75) is 12.8 Å². The Morgan fingerprint density at radius 1 is 1.12 bits per heavy atom. The maximum absolute atomic E-state index is 14.2. The molecular weight excluding hydrogens is 352 g/mol. The van der Waals surface area contributed by atoms with E-state index in [0.29, 0.717) is 37.3 Å². The molecule has 0 saturated carbocycles. The second-order valence-corrected chi connectivity index (χ2v) is 8.45. The van der Waals surface area contributed by atoms with Crippen LogP contribution in [0.4, 0.5) is 14.5 Å². The summed E-state index contributed by atoms with van der Waals surface area (Å²) in [5.41, 5.74) is 0.884. The molecule has 0 aliphatic carbocycles. The van der Waals surface area contributed by atoms with Crippen molar-refractivity contribution in [2.24, 2.45) is 0 Å². The van der Waals surface area contributed by atoms with E-state index >= 15 is 0 Å². The zero-order valence-electron chi connectivity index (χ0n) is 14.0. The lowest BCUT2D eigenvalue weighted by molar-refractivity contribution is -0.130. The minimum atomic E-state index is -3.25. The third-order valence-corrected chi connectivity index (χ3v) is 5.99. The van der Waals surface area contributed by atoms with Crippen LogP contribution in [-0.2, 0) is 21.2 Å². The Balaban J connectivity index is 1.68. The summed E-state index contributed by atoms with van der Waals surface area (Å²) in [6.45, 7) is 1.71. The van der Waals surface area contributed by atoms with Crippen molar-refractivity contribution in [3.63, 3.8) is 0 Å². The minimum Gasteiger partial charge on any atom is -0.360 e. The zero-order valence-corrected chi connectivity index (χ0v) is 14.9. The van der Waals surface area contributed by atoms with Gasteiger partial charge in [0.25, 0.3) is 0 Å². The molecule has 138 valence electrons. The second-order valence-electron chi connectivity index (χ2n) is 6.46. The lowest BCUT2D eigenvalue weighted by Gasteiger charge is -2.36. The molecule has 0 N–H and O–H groups in total. The fourth-order valence-electron chi connectivity index (χ4n) is 3.43. The summed E-state index contributed by atoms with van der Waals surface area (Å²) in [5, 5.41) is 0. The number of piperazine rings is 1. The first-order chi connectivity index (χ1) is 11.8. The average Bonchev–Trinajstić information content (AvgIpc) is 2.53. The number of benzene rings is 1. The van der Waals surface area contributed by atoms with Crippen LogP contribution >= 0.6 is 0 Å². The van der Waals surface area contributed by atoms with Crippen LogP contribution in [0.15, 0.2) is 12.1 Å². The summed E-state index contributed by atoms with van der Waals surface area (Å²) in [6.07, 6.45) is 2.46. The first kappa shape index (κ1) is 18.1. The van der Waals surface area contributed by atoms with Gasteiger partial charge in [-0.3, -0.25) is 4.79 Å². The molecule has 0 atom stereocenters. The molecule has 25 heavy (non-hydrogen) atoms. The quantitative estimate of drug-likeness (QED) is 0.787. The first-order valence-corrected chi connectivity index (χ1v) is 10.1. The van der Waals surface area contributed by atoms with Gasteiger partial charge in [-0.25, -0.2) is 17.2 Å². The fraction of sp³-hybridized carbons (Fsp3) is 0.562. The third kappa shape index (κ3) is 3.92. The van der Waals surface area contributed by atoms with Crippen molar-refractivity contribution in [1.29, 1.82) is 0 Å². The van der Waals surface area contributed by atoms with E-state index in [1.807, 2.05) is 0 Å². The maximum atomic E-state index is 14.2. The largest absolute Gasteiger partial charge is 0.360 e. The monoisotopic (exact) mass is 373 g/mol. The van der Waals surface area contributed by atoms with Gasteiger partial charge in [0.1, 0.15) is 11.6 Å². The molecule has 2 aliphatic rings. The van der Waals surface area contributed by atoms with Crippen molar-refractivity contribution >= 4 is 21.6 Å². The highest BCUT2D eigenvalue weighted by atomic mass is 32.2. The Bertz CT molecular complexity index is 777. The van der Waals surface area contributed by atoms with Gasteiger partial charge < -0.3 is 9.80 Å². The highest BCUT2D eigenvalue weighted by Crippen LogP contribution is 2.31. The van der Waals surface area contributed by atoms with Crippen LogP contribution in [0.5, 0.6) is 0 Å². The summed E-state index contributed by atoms with van der Waals surface area (Å²) in [7, 11) is -3.25. The predicted octanol–water partition coefficient (Wildman–Crippen LogP) is 0.821. The Labute approximate surface area is 146 Å². The van der Waals surface area contributed by atoms with Gasteiger partial charge in [-0.15, -0.1) is 0 Å². The van der Waals surface area contributed by atoms with Crippen LogP contribution in [0, 0.1) is 11.6 Å². The Hall–Kier alpha value is -1.74. The molecule has 9 heteroatoms. The molecule has 0 aromatic heterocycles. The van der Waals surface area contributed by atoms with Crippen LogP contribution in [-0.4, -0.2) is 69.1 Å². The summed E-state index contributed by atoms with van der Waals surface area (Å²) >= 11 is 0. The molecule has 6 nitrogen and oxygen atoms in total. The van der Waals surface area contributed by atoms with E-state index in [4.69, 9.17) is 0 Å². The lowest BCUT2D eigenvalue weighted by Crippen LogP contribution is -2.52. The summed E-state index contributed by atoms with van der Waals surface area (Å²) in [4.78, 5) is 15.8. The number of amides is 1. The van der Waals surface area contributed by atoms with Gasteiger partial charge >= 0.3 is 0 Å². The lowest BCUT2D eigenvalue weighted by atomic mass is 10.0. The fourth-order valence-corrected chi connectivity index (χ4v) is 4.25. The van der Waals surface area contributed by atoms with Crippen molar-refractivity contribution in [3.05, 3.63) is 29.3 Å². The third-order valence-electron chi connectivity index (χ3n) is 4.68. The molecule has 3 rings (SSSR count). The Morgan fingerprint density at radius 2 is 1.80 bits per heavy atom. The number of nitrogens with zero attached hydrogens (tertiary/aromatic N) is 3. The minimum absolute atomic E-state index is 0.00836. The number of rotatable bonds is 3. The van der Waals surface area contributed by atoms with E-state index in [2.05, 4.69) is 0 Å². The van der Waals surface area contributed by atoms with Gasteiger partial charge in [-0.05, 0) is 24.5 Å². The summed E-state index contributed by atoms with van der Waals surface area (Å²) in [5.74, 6) is -1.43. The maximum Gasteiger partial charge on any atom is 0.242 e. The molecule has 1 amide bonds. The summed E-state index contributed by atoms with van der Waals surface area (Å²) in [6, 6.07) is 2.16. The van der Waals surface area contributed by atoms with E-state index in [1.165, 1.54) is 10.4 Å². The van der Waals surface area contributed by atoms with Gasteiger partial charge in [-0.1, -0.05) is 0 Å². The second kappa shape index (κ2) is 6.87. The number of fused-ring (bicyclic) bond motifs is 1. The normalized spacial score (nSPS) is 19.0. The van der Waals surface area contributed by atoms with Crippen LogP contribution in [0.2, 0.25) is 0 Å². The van der Waals surface area contributed by atoms with E-state index in [9.17, 15) is 22.0 Å². The number of carbonyl (C=O) groups excluding carboxylic acids is 1. The molecule has 0 spiro atoms.